The lowest BCUT2D eigenvalue weighted by molar-refractivity contribution is -2.00. The molecule has 21 heavy (non-hydrogen) atoms. The molecule has 0 atom stereocenters. The first-order valence-corrected chi connectivity index (χ1v) is 8.77. The van der Waals surface area contributed by atoms with Gasteiger partial charge in [0.2, 0.25) is 0 Å². The van der Waals surface area contributed by atoms with Crippen LogP contribution in [0.1, 0.15) is 0 Å². The zero-order valence-electron chi connectivity index (χ0n) is 10.3. The molecule has 8 heteroatoms. The first kappa shape index (κ1) is 16.5. The van der Waals surface area contributed by atoms with Crippen molar-refractivity contribution in [3.8, 4) is 9.75 Å². The minimum atomic E-state index is -4.94. The standard InChI is InChI=1S/C13H8ClS2.ClHO4/c14-10-7-5-9(6-8-10)13-15-11-3-1-2-4-12(11)16-13;2-1(3,4)5/h1-8H;(H,2,3,4,5)/q+1;/p-1. The molecule has 0 radical (unpaired) electrons. The Hall–Kier alpha value is -0.830. The lowest BCUT2D eigenvalue weighted by Gasteiger charge is -2.17. The first-order valence-electron chi connectivity index (χ1n) is 5.52. The summed E-state index contributed by atoms with van der Waals surface area (Å²) >= 11 is 9.55. The van der Waals surface area contributed by atoms with Gasteiger partial charge in [-0.15, -0.1) is 10.2 Å². The number of hydrogen-bond donors (Lipinski definition) is 0. The van der Waals surface area contributed by atoms with Crippen molar-refractivity contribution < 1.29 is 28.9 Å². The zero-order valence-corrected chi connectivity index (χ0v) is 13.5. The van der Waals surface area contributed by atoms with Crippen molar-refractivity contribution in [3.05, 3.63) is 53.6 Å². The van der Waals surface area contributed by atoms with Crippen molar-refractivity contribution in [2.75, 3.05) is 0 Å². The van der Waals surface area contributed by atoms with Gasteiger partial charge in [-0.05, 0) is 36.4 Å². The SMILES string of the molecule is Clc1ccc(-c2sc3ccccc3[s+]2)cc1.[O-][Cl+3]([O-])([O-])[O-]. The van der Waals surface area contributed by atoms with Crippen LogP contribution in [0.15, 0.2) is 48.5 Å². The minimum absolute atomic E-state index is 0.787. The highest BCUT2D eigenvalue weighted by Gasteiger charge is 2.16. The van der Waals surface area contributed by atoms with E-state index in [0.29, 0.717) is 0 Å². The van der Waals surface area contributed by atoms with E-state index in [0.717, 1.165) is 5.02 Å². The van der Waals surface area contributed by atoms with Gasteiger partial charge >= 0.3 is 0 Å². The molecule has 0 aliphatic carbocycles. The second-order valence-electron chi connectivity index (χ2n) is 3.82. The van der Waals surface area contributed by atoms with Crippen LogP contribution in [0.4, 0.5) is 0 Å². The number of benzene rings is 2. The highest BCUT2D eigenvalue weighted by molar-refractivity contribution is 7.43. The first-order chi connectivity index (χ1) is 9.83. The lowest BCUT2D eigenvalue weighted by Crippen LogP contribution is -2.68. The van der Waals surface area contributed by atoms with Gasteiger partial charge in [-0.25, -0.2) is 18.6 Å². The maximum atomic E-state index is 8.49. The third kappa shape index (κ3) is 5.46. The third-order valence-electron chi connectivity index (χ3n) is 2.33. The van der Waals surface area contributed by atoms with Crippen LogP contribution in [-0.2, 0) is 0 Å². The number of rotatable bonds is 1. The van der Waals surface area contributed by atoms with Gasteiger partial charge in [0.05, 0.1) is 22.7 Å². The average molecular weight is 363 g/mol. The number of fused-ring (bicyclic) bond motifs is 1. The molecule has 0 aliphatic heterocycles. The highest BCUT2D eigenvalue weighted by Crippen LogP contribution is 2.38. The fourth-order valence-electron chi connectivity index (χ4n) is 1.54. The van der Waals surface area contributed by atoms with Crippen LogP contribution in [0.5, 0.6) is 0 Å². The molecule has 4 nitrogen and oxygen atoms in total. The Morgan fingerprint density at radius 1 is 0.905 bits per heavy atom. The zero-order chi connectivity index (χ0) is 15.5. The summed E-state index contributed by atoms with van der Waals surface area (Å²) in [5.41, 5.74) is 1.25. The van der Waals surface area contributed by atoms with Gasteiger partial charge < -0.3 is 0 Å². The van der Waals surface area contributed by atoms with E-state index in [-0.39, 0.29) is 0 Å². The second-order valence-corrected chi connectivity index (χ2v) is 7.38. The van der Waals surface area contributed by atoms with E-state index in [1.165, 1.54) is 19.2 Å². The molecule has 0 unspecified atom stereocenters. The summed E-state index contributed by atoms with van der Waals surface area (Å²) in [6.07, 6.45) is 0. The summed E-state index contributed by atoms with van der Waals surface area (Å²) in [7, 11) is -4.94. The average Bonchev–Trinajstić information content (AvgIpc) is 2.81. The Morgan fingerprint density at radius 3 is 2.05 bits per heavy atom. The molecule has 1 aromatic heterocycles. The molecule has 0 N–H and O–H groups in total. The normalized spacial score (nSPS) is 11.1. The predicted molar refractivity (Wildman–Crippen MR) is 74.6 cm³/mol. The van der Waals surface area contributed by atoms with Crippen LogP contribution in [0, 0.1) is 10.2 Å². The van der Waals surface area contributed by atoms with E-state index in [1.807, 2.05) is 34.8 Å². The summed E-state index contributed by atoms with van der Waals surface area (Å²) in [4.78, 5) is 0. The van der Waals surface area contributed by atoms with E-state index in [1.54, 1.807) is 0 Å². The van der Waals surface area contributed by atoms with Crippen LogP contribution in [-0.4, -0.2) is 0 Å². The van der Waals surface area contributed by atoms with E-state index in [4.69, 9.17) is 30.2 Å². The van der Waals surface area contributed by atoms with Crippen molar-refractivity contribution in [2.24, 2.45) is 0 Å². The molecule has 0 saturated heterocycles. The van der Waals surface area contributed by atoms with Gasteiger partial charge in [-0.3, -0.25) is 0 Å². The number of halogens is 2. The summed E-state index contributed by atoms with van der Waals surface area (Å²) in [6, 6.07) is 16.5. The molecule has 3 rings (SSSR count). The smallest absolute Gasteiger partial charge is 0.222 e. The Kier molecular flexibility index (Phi) is 5.48. The topological polar surface area (TPSA) is 92.2 Å². The quantitative estimate of drug-likeness (QED) is 0.598. The minimum Gasteiger partial charge on any atom is -0.222 e. The molecule has 1 heterocycles. The molecule has 0 spiro atoms. The molecule has 0 aliphatic rings. The summed E-state index contributed by atoms with van der Waals surface area (Å²) < 4.78 is 38.0. The van der Waals surface area contributed by atoms with Crippen molar-refractivity contribution in [1.29, 1.82) is 0 Å². The van der Waals surface area contributed by atoms with Crippen LogP contribution >= 0.6 is 34.3 Å². The van der Waals surface area contributed by atoms with Crippen LogP contribution in [0.3, 0.4) is 0 Å². The molecular formula is C13H8Cl2O4S2. The Balaban J connectivity index is 0.000000282. The van der Waals surface area contributed by atoms with Gasteiger partial charge in [0.15, 0.2) is 9.40 Å². The summed E-state index contributed by atoms with van der Waals surface area (Å²) in [6.45, 7) is 0. The molecule has 3 aromatic rings. The maximum Gasteiger partial charge on any atom is 0.286 e. The van der Waals surface area contributed by atoms with Crippen LogP contribution in [0.25, 0.3) is 19.2 Å². The van der Waals surface area contributed by atoms with E-state index in [2.05, 4.69) is 36.4 Å². The Labute approximate surface area is 135 Å². The molecule has 0 amide bonds. The molecule has 2 aromatic carbocycles. The largest absolute Gasteiger partial charge is 0.286 e. The van der Waals surface area contributed by atoms with Crippen LogP contribution in [0.2, 0.25) is 5.02 Å². The number of hydrogen-bond acceptors (Lipinski definition) is 5. The molecule has 0 bridgehead atoms. The third-order valence-corrected chi connectivity index (χ3v) is 5.21. The second kappa shape index (κ2) is 6.95. The Bertz CT molecular complexity index is 684. The fraction of sp³-hybridized carbons (Fsp3) is 0. The molecule has 110 valence electrons. The van der Waals surface area contributed by atoms with E-state index in [9.17, 15) is 0 Å². The molecule has 0 fully saturated rings. The van der Waals surface area contributed by atoms with Crippen molar-refractivity contribution >= 4 is 43.7 Å². The van der Waals surface area contributed by atoms with Gasteiger partial charge in [-0.1, -0.05) is 23.7 Å². The van der Waals surface area contributed by atoms with Crippen molar-refractivity contribution in [1.82, 2.24) is 0 Å². The fourth-order valence-corrected chi connectivity index (χ4v) is 4.16. The molecular weight excluding hydrogens is 355 g/mol. The van der Waals surface area contributed by atoms with Gasteiger partial charge in [0, 0.05) is 10.6 Å². The molecule has 0 saturated carbocycles. The van der Waals surface area contributed by atoms with Gasteiger partial charge in [0.25, 0.3) is 4.19 Å². The summed E-state index contributed by atoms with van der Waals surface area (Å²) in [5, 5.41) is 0.787. The van der Waals surface area contributed by atoms with E-state index >= 15 is 0 Å². The van der Waals surface area contributed by atoms with Crippen molar-refractivity contribution in [3.63, 3.8) is 0 Å². The van der Waals surface area contributed by atoms with Crippen molar-refractivity contribution in [2.45, 2.75) is 0 Å². The van der Waals surface area contributed by atoms with E-state index < -0.39 is 10.2 Å². The van der Waals surface area contributed by atoms with Gasteiger partial charge in [-0.2, -0.15) is 0 Å². The highest BCUT2D eigenvalue weighted by atomic mass is 35.7. The van der Waals surface area contributed by atoms with Crippen LogP contribution < -0.4 is 18.6 Å². The Morgan fingerprint density at radius 2 is 1.48 bits per heavy atom. The van der Waals surface area contributed by atoms with Gasteiger partial charge in [0.1, 0.15) is 0 Å². The predicted octanol–water partition coefficient (Wildman–Crippen LogP) is 0.808. The lowest BCUT2D eigenvalue weighted by atomic mass is 10.2. The monoisotopic (exact) mass is 362 g/mol. The summed E-state index contributed by atoms with van der Waals surface area (Å²) in [5.74, 6) is 0. The maximum absolute atomic E-state index is 8.49.